The Morgan fingerprint density at radius 1 is 1.00 bits per heavy atom. The summed E-state index contributed by atoms with van der Waals surface area (Å²) < 4.78 is 0. The number of carbonyl (C=O) groups excluding carboxylic acids is 1. The lowest BCUT2D eigenvalue weighted by molar-refractivity contribution is 0.112. The predicted molar refractivity (Wildman–Crippen MR) is 106 cm³/mol. The van der Waals surface area contributed by atoms with Crippen molar-refractivity contribution in [3.63, 3.8) is 0 Å². The molecule has 1 aromatic carbocycles. The van der Waals surface area contributed by atoms with Gasteiger partial charge in [0.2, 0.25) is 5.11 Å². The third-order valence-electron chi connectivity index (χ3n) is 2.80. The van der Waals surface area contributed by atoms with Gasteiger partial charge in [0.05, 0.1) is 11.4 Å². The van der Waals surface area contributed by atoms with Gasteiger partial charge in [0, 0.05) is 18.8 Å². The Labute approximate surface area is 151 Å². The molecule has 7 nitrogen and oxygen atoms in total. The van der Waals surface area contributed by atoms with Crippen LogP contribution in [0.25, 0.3) is 0 Å². The molecule has 0 radical (unpaired) electrons. The number of hydrazone groups is 2. The smallest absolute Gasteiger partial charge is 0.213 e. The standard InChI is InChI=1S/C15H18N6OS2/c1-10(18-20-14(23)16-3)11(2)19-21-15(24)17-8-12-4-6-13(9-22)7-5-12/h4-9H,1-3H3,(H,21,24)(H2,16,20,23)/b17-8+,18-10+,19-11+. The Kier molecular flexibility index (Phi) is 8.37. The highest BCUT2D eigenvalue weighted by molar-refractivity contribution is 7.80. The second-order valence-electron chi connectivity index (χ2n) is 4.55. The molecular formula is C15H18N6OS2. The van der Waals surface area contributed by atoms with E-state index in [9.17, 15) is 4.79 Å². The van der Waals surface area contributed by atoms with Crippen LogP contribution in [-0.2, 0) is 0 Å². The van der Waals surface area contributed by atoms with E-state index in [0.717, 1.165) is 11.8 Å². The van der Waals surface area contributed by atoms with Gasteiger partial charge in [-0.15, -0.1) is 0 Å². The number of aldehydes is 1. The van der Waals surface area contributed by atoms with Crippen LogP contribution in [-0.4, -0.2) is 41.2 Å². The van der Waals surface area contributed by atoms with Crippen molar-refractivity contribution in [2.24, 2.45) is 15.2 Å². The van der Waals surface area contributed by atoms with Crippen LogP contribution in [0.1, 0.15) is 29.8 Å². The summed E-state index contributed by atoms with van der Waals surface area (Å²) in [6.45, 7) is 3.56. The Morgan fingerprint density at radius 3 is 2.08 bits per heavy atom. The summed E-state index contributed by atoms with van der Waals surface area (Å²) in [4.78, 5) is 14.7. The summed E-state index contributed by atoms with van der Waals surface area (Å²) in [5.74, 6) is 0. The molecule has 126 valence electrons. The Balaban J connectivity index is 2.58. The van der Waals surface area contributed by atoms with Gasteiger partial charge in [0.1, 0.15) is 6.29 Å². The average Bonchev–Trinajstić information content (AvgIpc) is 2.62. The molecule has 0 aliphatic carbocycles. The van der Waals surface area contributed by atoms with Gasteiger partial charge >= 0.3 is 0 Å². The summed E-state index contributed by atoms with van der Waals surface area (Å²) in [6, 6.07) is 6.96. The average molecular weight is 362 g/mol. The molecule has 0 aliphatic rings. The summed E-state index contributed by atoms with van der Waals surface area (Å²) in [5, 5.41) is 11.5. The van der Waals surface area contributed by atoms with E-state index >= 15 is 0 Å². The number of aliphatic imine (C=N–C) groups is 1. The Morgan fingerprint density at radius 2 is 1.54 bits per heavy atom. The monoisotopic (exact) mass is 362 g/mol. The summed E-state index contributed by atoms with van der Waals surface area (Å²) >= 11 is 9.99. The third kappa shape index (κ3) is 7.16. The number of thiocarbonyl (C=S) groups is 2. The maximum Gasteiger partial charge on any atom is 0.213 e. The zero-order valence-electron chi connectivity index (χ0n) is 13.5. The molecule has 0 spiro atoms. The van der Waals surface area contributed by atoms with Gasteiger partial charge in [0.15, 0.2) is 5.11 Å². The highest BCUT2D eigenvalue weighted by Crippen LogP contribution is 1.99. The summed E-state index contributed by atoms with van der Waals surface area (Å²) in [7, 11) is 1.70. The predicted octanol–water partition coefficient (Wildman–Crippen LogP) is 1.64. The van der Waals surface area contributed by atoms with Crippen LogP contribution >= 0.6 is 24.4 Å². The first-order chi connectivity index (χ1) is 11.5. The van der Waals surface area contributed by atoms with E-state index in [-0.39, 0.29) is 5.11 Å². The number of hydrogen-bond donors (Lipinski definition) is 3. The fourth-order valence-electron chi connectivity index (χ4n) is 1.31. The zero-order valence-corrected chi connectivity index (χ0v) is 15.2. The van der Waals surface area contributed by atoms with Gasteiger partial charge in [-0.2, -0.15) is 10.2 Å². The summed E-state index contributed by atoms with van der Waals surface area (Å²) in [6.07, 6.45) is 2.37. The van der Waals surface area contributed by atoms with E-state index in [1.807, 2.05) is 0 Å². The molecule has 0 fully saturated rings. The lowest BCUT2D eigenvalue weighted by Crippen LogP contribution is -2.30. The van der Waals surface area contributed by atoms with Crippen molar-refractivity contribution < 1.29 is 4.79 Å². The lowest BCUT2D eigenvalue weighted by atomic mass is 10.2. The zero-order chi connectivity index (χ0) is 17.9. The fraction of sp³-hybridized carbons (Fsp3) is 0.200. The maximum absolute atomic E-state index is 10.6. The van der Waals surface area contributed by atoms with Gasteiger partial charge in [0.25, 0.3) is 0 Å². The van der Waals surface area contributed by atoms with Crippen LogP contribution < -0.4 is 16.2 Å². The number of rotatable bonds is 5. The van der Waals surface area contributed by atoms with E-state index in [2.05, 4.69) is 31.4 Å². The minimum absolute atomic E-state index is 0.209. The van der Waals surface area contributed by atoms with Gasteiger partial charge in [-0.3, -0.25) is 15.6 Å². The molecule has 0 heterocycles. The molecule has 9 heteroatoms. The molecule has 0 aromatic heterocycles. The first-order valence-electron chi connectivity index (χ1n) is 6.92. The molecule has 0 unspecified atom stereocenters. The molecule has 0 aliphatic heterocycles. The molecule has 1 rings (SSSR count). The van der Waals surface area contributed by atoms with Gasteiger partial charge < -0.3 is 5.32 Å². The van der Waals surface area contributed by atoms with E-state index in [1.54, 1.807) is 51.4 Å². The van der Waals surface area contributed by atoms with Crippen molar-refractivity contribution in [1.29, 1.82) is 0 Å². The SMILES string of the molecule is CNC(=S)N/N=C(C)/C(C)=N/NC(=S)/N=C/c1ccc(C=O)cc1. The normalized spacial score (nSPS) is 12.0. The van der Waals surface area contributed by atoms with Gasteiger partial charge in [-0.05, 0) is 43.8 Å². The van der Waals surface area contributed by atoms with Crippen molar-refractivity contribution in [3.05, 3.63) is 35.4 Å². The highest BCUT2D eigenvalue weighted by Gasteiger charge is 1.98. The molecule has 0 saturated heterocycles. The third-order valence-corrected chi connectivity index (χ3v) is 3.29. The van der Waals surface area contributed by atoms with E-state index in [0.29, 0.717) is 22.1 Å². The Hall–Kier alpha value is -2.52. The number of benzene rings is 1. The van der Waals surface area contributed by atoms with Crippen LogP contribution in [0, 0.1) is 0 Å². The first-order valence-corrected chi connectivity index (χ1v) is 7.74. The van der Waals surface area contributed by atoms with E-state index in [4.69, 9.17) is 24.4 Å². The number of nitrogens with one attached hydrogen (secondary N) is 3. The maximum atomic E-state index is 10.6. The van der Waals surface area contributed by atoms with Crippen molar-refractivity contribution in [2.75, 3.05) is 7.05 Å². The van der Waals surface area contributed by atoms with Crippen molar-refractivity contribution >= 4 is 58.6 Å². The minimum Gasteiger partial charge on any atom is -0.364 e. The molecule has 24 heavy (non-hydrogen) atoms. The highest BCUT2D eigenvalue weighted by atomic mass is 32.1. The Bertz CT molecular complexity index is 694. The number of nitrogens with zero attached hydrogens (tertiary/aromatic N) is 3. The second kappa shape index (κ2) is 10.3. The van der Waals surface area contributed by atoms with Crippen LogP contribution in [0.4, 0.5) is 0 Å². The molecule has 0 amide bonds. The van der Waals surface area contributed by atoms with Gasteiger partial charge in [-0.1, -0.05) is 24.3 Å². The van der Waals surface area contributed by atoms with Crippen LogP contribution in [0.2, 0.25) is 0 Å². The molecule has 1 aromatic rings. The summed E-state index contributed by atoms with van der Waals surface area (Å²) in [5.41, 5.74) is 8.05. The molecule has 0 saturated carbocycles. The molecule has 3 N–H and O–H groups in total. The van der Waals surface area contributed by atoms with Crippen molar-refractivity contribution in [3.8, 4) is 0 Å². The second-order valence-corrected chi connectivity index (χ2v) is 5.34. The quantitative estimate of drug-likeness (QED) is 0.319. The molecular weight excluding hydrogens is 344 g/mol. The van der Waals surface area contributed by atoms with Crippen LogP contribution in [0.15, 0.2) is 39.5 Å². The lowest BCUT2D eigenvalue weighted by Gasteiger charge is -2.04. The molecule has 0 bridgehead atoms. The van der Waals surface area contributed by atoms with Crippen molar-refractivity contribution in [1.82, 2.24) is 16.2 Å². The first kappa shape index (κ1) is 19.5. The largest absolute Gasteiger partial charge is 0.364 e. The number of carbonyl (C=O) groups is 1. The van der Waals surface area contributed by atoms with Crippen LogP contribution in [0.5, 0.6) is 0 Å². The fourth-order valence-corrected chi connectivity index (χ4v) is 1.45. The van der Waals surface area contributed by atoms with Gasteiger partial charge in [-0.25, -0.2) is 4.99 Å². The van der Waals surface area contributed by atoms with E-state index in [1.165, 1.54) is 0 Å². The van der Waals surface area contributed by atoms with Crippen molar-refractivity contribution in [2.45, 2.75) is 13.8 Å². The topological polar surface area (TPSA) is 90.2 Å². The minimum atomic E-state index is 0.209. The number of hydrogen-bond acceptors (Lipinski definition) is 5. The van der Waals surface area contributed by atoms with Crippen LogP contribution in [0.3, 0.4) is 0 Å². The molecule has 0 atom stereocenters. The van der Waals surface area contributed by atoms with E-state index < -0.39 is 0 Å².